The van der Waals surface area contributed by atoms with E-state index in [1.807, 2.05) is 0 Å². The van der Waals surface area contributed by atoms with Gasteiger partial charge in [-0.2, -0.15) is 0 Å². The Bertz CT molecular complexity index is 890. The second-order valence-corrected chi connectivity index (χ2v) is 9.16. The zero-order valence-corrected chi connectivity index (χ0v) is 20.6. The van der Waals surface area contributed by atoms with Crippen molar-refractivity contribution in [2.45, 2.75) is 71.1 Å². The molecule has 0 aliphatic heterocycles. The largest absolute Gasteiger partial charge is 0.480 e. The first-order valence-electron chi connectivity index (χ1n) is 11.5. The number of amides is 4. The fourth-order valence-corrected chi connectivity index (χ4v) is 3.22. The number of carboxylic acids is 1. The number of carbonyl (C=O) groups is 5. The predicted octanol–water partition coefficient (Wildman–Crippen LogP) is -0.327. The van der Waals surface area contributed by atoms with Crippen molar-refractivity contribution >= 4 is 29.6 Å². The molecule has 4 atom stereocenters. The van der Waals surface area contributed by atoms with Crippen molar-refractivity contribution in [3.63, 3.8) is 0 Å². The molecule has 4 unspecified atom stereocenters. The van der Waals surface area contributed by atoms with Gasteiger partial charge in [0.25, 0.3) is 0 Å². The van der Waals surface area contributed by atoms with Crippen LogP contribution in [0.3, 0.4) is 0 Å². The number of hydrogen-bond acceptors (Lipinski definition) is 6. The molecule has 4 amide bonds. The van der Waals surface area contributed by atoms with Crippen LogP contribution in [0.4, 0.5) is 0 Å². The van der Waals surface area contributed by atoms with Gasteiger partial charge in [0.15, 0.2) is 0 Å². The molecule has 1 rings (SSSR count). The molecule has 0 aliphatic carbocycles. The molecule has 8 N–H and O–H groups in total. The summed E-state index contributed by atoms with van der Waals surface area (Å²) >= 11 is 0. The number of aliphatic carboxylic acids is 1. The maximum absolute atomic E-state index is 13.1. The lowest BCUT2D eigenvalue weighted by molar-refractivity contribution is -0.142. The highest BCUT2D eigenvalue weighted by Gasteiger charge is 2.32. The third kappa shape index (κ3) is 10.1. The van der Waals surface area contributed by atoms with Crippen molar-refractivity contribution in [2.75, 3.05) is 0 Å². The van der Waals surface area contributed by atoms with Crippen molar-refractivity contribution in [1.82, 2.24) is 16.0 Å². The molecule has 0 aromatic heterocycles. The quantitative estimate of drug-likeness (QED) is 0.205. The maximum atomic E-state index is 13.1. The molecular weight excluding hydrogens is 454 g/mol. The van der Waals surface area contributed by atoms with Crippen LogP contribution in [0.2, 0.25) is 0 Å². The molecule has 194 valence electrons. The van der Waals surface area contributed by atoms with Crippen LogP contribution in [0.15, 0.2) is 30.3 Å². The molecule has 0 radical (unpaired) electrons. The van der Waals surface area contributed by atoms with Gasteiger partial charge < -0.3 is 32.5 Å². The fraction of sp³-hybridized carbons (Fsp3) is 0.542. The van der Waals surface area contributed by atoms with E-state index in [4.69, 9.17) is 11.5 Å². The Morgan fingerprint density at radius 3 is 1.89 bits per heavy atom. The number of rotatable bonds is 14. The first kappa shape index (κ1) is 29.6. The first-order chi connectivity index (χ1) is 16.3. The summed E-state index contributed by atoms with van der Waals surface area (Å²) < 4.78 is 0. The lowest BCUT2D eigenvalue weighted by Crippen LogP contribution is -2.59. The predicted molar refractivity (Wildman–Crippen MR) is 130 cm³/mol. The van der Waals surface area contributed by atoms with E-state index in [-0.39, 0.29) is 31.1 Å². The van der Waals surface area contributed by atoms with Gasteiger partial charge in [-0.05, 0) is 23.8 Å². The van der Waals surface area contributed by atoms with Crippen LogP contribution in [0.1, 0.15) is 46.1 Å². The smallest absolute Gasteiger partial charge is 0.326 e. The minimum absolute atomic E-state index is 0.0742. The van der Waals surface area contributed by atoms with E-state index in [0.29, 0.717) is 0 Å². The second kappa shape index (κ2) is 14.1. The zero-order chi connectivity index (χ0) is 26.7. The molecule has 35 heavy (non-hydrogen) atoms. The number of hydrogen-bond donors (Lipinski definition) is 6. The van der Waals surface area contributed by atoms with Crippen molar-refractivity contribution in [3.05, 3.63) is 35.9 Å². The number of nitrogens with one attached hydrogen (secondary N) is 3. The standard InChI is InChI=1S/C24H37N5O6/c1-13(2)19(26)22(32)29-20(14(3)4)23(33)28-17(12-15-8-6-5-7-9-15)21(31)27-16(24(34)35)10-11-18(25)30/h5-9,13-14,16-17,19-20H,10-12,26H2,1-4H3,(H2,25,30)(H,27,31)(H,28,33)(H,29,32)(H,34,35). The molecule has 0 aliphatic rings. The van der Waals surface area contributed by atoms with E-state index in [1.54, 1.807) is 58.0 Å². The normalized spacial score (nSPS) is 14.5. The van der Waals surface area contributed by atoms with Gasteiger partial charge in [-0.3, -0.25) is 19.2 Å². The van der Waals surface area contributed by atoms with Gasteiger partial charge in [-0.25, -0.2) is 4.79 Å². The summed E-state index contributed by atoms with van der Waals surface area (Å²) in [6, 6.07) is 4.57. The highest BCUT2D eigenvalue weighted by molar-refractivity contribution is 5.94. The summed E-state index contributed by atoms with van der Waals surface area (Å²) in [4.78, 5) is 61.3. The molecule has 0 fully saturated rings. The highest BCUT2D eigenvalue weighted by Crippen LogP contribution is 2.09. The molecule has 11 heteroatoms. The van der Waals surface area contributed by atoms with Crippen LogP contribution < -0.4 is 27.4 Å². The third-order valence-electron chi connectivity index (χ3n) is 5.48. The van der Waals surface area contributed by atoms with Crippen molar-refractivity contribution in [2.24, 2.45) is 23.3 Å². The lowest BCUT2D eigenvalue weighted by Gasteiger charge is -2.27. The molecule has 0 spiro atoms. The maximum Gasteiger partial charge on any atom is 0.326 e. The summed E-state index contributed by atoms with van der Waals surface area (Å²) in [5.74, 6) is -4.34. The minimum Gasteiger partial charge on any atom is -0.480 e. The van der Waals surface area contributed by atoms with E-state index in [0.717, 1.165) is 5.56 Å². The van der Waals surface area contributed by atoms with Gasteiger partial charge in [0.1, 0.15) is 18.1 Å². The zero-order valence-electron chi connectivity index (χ0n) is 20.6. The molecule has 0 heterocycles. The van der Waals surface area contributed by atoms with Gasteiger partial charge in [0.05, 0.1) is 6.04 Å². The number of carbonyl (C=O) groups excluding carboxylic acids is 4. The summed E-state index contributed by atoms with van der Waals surface area (Å²) in [5, 5.41) is 17.1. The van der Waals surface area contributed by atoms with Crippen molar-refractivity contribution in [1.29, 1.82) is 0 Å². The van der Waals surface area contributed by atoms with Crippen LogP contribution in [-0.4, -0.2) is 58.9 Å². The summed E-state index contributed by atoms with van der Waals surface area (Å²) in [6.45, 7) is 7.04. The Morgan fingerprint density at radius 1 is 0.829 bits per heavy atom. The Balaban J connectivity index is 3.10. The van der Waals surface area contributed by atoms with Gasteiger partial charge in [-0.15, -0.1) is 0 Å². The van der Waals surface area contributed by atoms with Gasteiger partial charge >= 0.3 is 5.97 Å². The van der Waals surface area contributed by atoms with Crippen LogP contribution in [0, 0.1) is 11.8 Å². The Labute approximate surface area is 205 Å². The van der Waals surface area contributed by atoms with Gasteiger partial charge in [0, 0.05) is 12.8 Å². The minimum atomic E-state index is -1.37. The summed E-state index contributed by atoms with van der Waals surface area (Å²) in [5.41, 5.74) is 11.7. The molecule has 11 nitrogen and oxygen atoms in total. The number of carboxylic acid groups (broad SMARTS) is 1. The van der Waals surface area contributed by atoms with Crippen LogP contribution >= 0.6 is 0 Å². The van der Waals surface area contributed by atoms with Crippen LogP contribution in [0.25, 0.3) is 0 Å². The Hall–Kier alpha value is -3.47. The van der Waals surface area contributed by atoms with E-state index < -0.39 is 53.8 Å². The molecule has 0 bridgehead atoms. The van der Waals surface area contributed by atoms with Crippen LogP contribution in [0.5, 0.6) is 0 Å². The molecule has 1 aromatic rings. The highest BCUT2D eigenvalue weighted by atomic mass is 16.4. The second-order valence-electron chi connectivity index (χ2n) is 9.16. The molecule has 0 saturated heterocycles. The van der Waals surface area contributed by atoms with Gasteiger partial charge in [-0.1, -0.05) is 58.0 Å². The first-order valence-corrected chi connectivity index (χ1v) is 11.5. The Morgan fingerprint density at radius 2 is 1.40 bits per heavy atom. The van der Waals surface area contributed by atoms with Gasteiger partial charge in [0.2, 0.25) is 23.6 Å². The topological polar surface area (TPSA) is 194 Å². The number of primary amides is 1. The average molecular weight is 492 g/mol. The van der Waals surface area contributed by atoms with E-state index >= 15 is 0 Å². The fourth-order valence-electron chi connectivity index (χ4n) is 3.22. The Kier molecular flexibility index (Phi) is 11.9. The molecular formula is C24H37N5O6. The molecule has 1 aromatic carbocycles. The van der Waals surface area contributed by atoms with Crippen LogP contribution in [-0.2, 0) is 30.4 Å². The number of nitrogens with two attached hydrogens (primary N) is 2. The monoisotopic (exact) mass is 491 g/mol. The SMILES string of the molecule is CC(C)C(N)C(=O)NC(C(=O)NC(Cc1ccccc1)C(=O)NC(CCC(N)=O)C(=O)O)C(C)C. The summed E-state index contributed by atoms with van der Waals surface area (Å²) in [7, 11) is 0. The van der Waals surface area contributed by atoms with E-state index in [9.17, 15) is 29.1 Å². The number of benzene rings is 1. The van der Waals surface area contributed by atoms with Crippen molar-refractivity contribution < 1.29 is 29.1 Å². The average Bonchev–Trinajstić information content (AvgIpc) is 2.78. The lowest BCUT2D eigenvalue weighted by atomic mass is 9.99. The van der Waals surface area contributed by atoms with Crippen molar-refractivity contribution in [3.8, 4) is 0 Å². The summed E-state index contributed by atoms with van der Waals surface area (Å²) in [6.07, 6.45) is -0.352. The van der Waals surface area contributed by atoms with E-state index in [2.05, 4.69) is 16.0 Å². The van der Waals surface area contributed by atoms with E-state index in [1.165, 1.54) is 0 Å². The molecule has 0 saturated carbocycles. The third-order valence-corrected chi connectivity index (χ3v) is 5.48.